The predicted octanol–water partition coefficient (Wildman–Crippen LogP) is 1.02. The fourth-order valence-corrected chi connectivity index (χ4v) is 3.71. The highest BCUT2D eigenvalue weighted by molar-refractivity contribution is 7.89. The normalized spacial score (nSPS) is 23.7. The Labute approximate surface area is 113 Å². The third kappa shape index (κ3) is 3.54. The lowest BCUT2D eigenvalue weighted by atomic mass is 10.2. The molecule has 1 aromatic rings. The van der Waals surface area contributed by atoms with E-state index in [0.717, 1.165) is 12.8 Å². The number of benzene rings is 1. The first-order valence-corrected chi connectivity index (χ1v) is 7.78. The van der Waals surface area contributed by atoms with Gasteiger partial charge in [0.25, 0.3) is 0 Å². The predicted molar refractivity (Wildman–Crippen MR) is 71.1 cm³/mol. The van der Waals surface area contributed by atoms with Crippen molar-refractivity contribution in [2.75, 3.05) is 7.11 Å². The van der Waals surface area contributed by atoms with Crippen molar-refractivity contribution in [2.24, 2.45) is 0 Å². The third-order valence-corrected chi connectivity index (χ3v) is 4.95. The van der Waals surface area contributed by atoms with Gasteiger partial charge in [-0.15, -0.1) is 0 Å². The van der Waals surface area contributed by atoms with Crippen LogP contribution in [0.2, 0.25) is 0 Å². The minimum absolute atomic E-state index is 0.0762. The Bertz CT molecular complexity index is 529. The summed E-state index contributed by atoms with van der Waals surface area (Å²) in [4.78, 5) is 0.194. The SMILES string of the molecule is COC1CCC(NS(=O)(=O)c2cccc(CO)c2)C1. The Morgan fingerprint density at radius 3 is 2.84 bits per heavy atom. The van der Waals surface area contributed by atoms with E-state index < -0.39 is 10.0 Å². The van der Waals surface area contributed by atoms with Crippen molar-refractivity contribution in [2.45, 2.75) is 42.9 Å². The standard InChI is InChI=1S/C13H19NO4S/c1-18-12-6-5-11(8-12)14-19(16,17)13-4-2-3-10(7-13)9-15/h2-4,7,11-12,14-15H,5-6,8-9H2,1H3. The van der Waals surface area contributed by atoms with Crippen LogP contribution >= 0.6 is 0 Å². The van der Waals surface area contributed by atoms with Crippen LogP contribution in [0.4, 0.5) is 0 Å². The van der Waals surface area contributed by atoms with Crippen LogP contribution in [0.25, 0.3) is 0 Å². The van der Waals surface area contributed by atoms with Gasteiger partial charge in [-0.1, -0.05) is 12.1 Å². The molecule has 1 aliphatic carbocycles. The van der Waals surface area contributed by atoms with Crippen LogP contribution in [-0.4, -0.2) is 32.8 Å². The molecule has 0 aromatic heterocycles. The lowest BCUT2D eigenvalue weighted by Gasteiger charge is -2.13. The summed E-state index contributed by atoms with van der Waals surface area (Å²) in [5.41, 5.74) is 0.587. The summed E-state index contributed by atoms with van der Waals surface area (Å²) in [7, 11) is -1.88. The molecule has 0 bridgehead atoms. The van der Waals surface area contributed by atoms with Crippen LogP contribution in [0, 0.1) is 0 Å². The number of nitrogens with one attached hydrogen (secondary N) is 1. The van der Waals surface area contributed by atoms with E-state index in [4.69, 9.17) is 9.84 Å². The van der Waals surface area contributed by atoms with E-state index in [0.29, 0.717) is 12.0 Å². The molecule has 19 heavy (non-hydrogen) atoms. The van der Waals surface area contributed by atoms with Crippen LogP contribution < -0.4 is 4.72 Å². The molecule has 6 heteroatoms. The fraction of sp³-hybridized carbons (Fsp3) is 0.538. The Kier molecular flexibility index (Phi) is 4.57. The number of ether oxygens (including phenoxy) is 1. The maximum Gasteiger partial charge on any atom is 0.240 e. The zero-order valence-electron chi connectivity index (χ0n) is 10.9. The molecule has 2 rings (SSSR count). The molecule has 0 radical (unpaired) electrons. The van der Waals surface area contributed by atoms with Crippen molar-refractivity contribution >= 4 is 10.0 Å². The summed E-state index contributed by atoms with van der Waals surface area (Å²) in [6, 6.07) is 6.27. The maximum absolute atomic E-state index is 12.2. The van der Waals surface area contributed by atoms with Crippen molar-refractivity contribution in [1.29, 1.82) is 0 Å². The molecule has 0 amide bonds. The van der Waals surface area contributed by atoms with E-state index >= 15 is 0 Å². The largest absolute Gasteiger partial charge is 0.392 e. The van der Waals surface area contributed by atoms with Gasteiger partial charge in [0.15, 0.2) is 0 Å². The minimum Gasteiger partial charge on any atom is -0.392 e. The quantitative estimate of drug-likeness (QED) is 0.847. The van der Waals surface area contributed by atoms with Gasteiger partial charge in [0.05, 0.1) is 17.6 Å². The molecule has 1 aromatic carbocycles. The number of hydrogen-bond donors (Lipinski definition) is 2. The van der Waals surface area contributed by atoms with E-state index in [1.54, 1.807) is 19.2 Å². The second-order valence-electron chi connectivity index (χ2n) is 4.79. The van der Waals surface area contributed by atoms with Crippen LogP contribution in [0.15, 0.2) is 29.2 Å². The smallest absolute Gasteiger partial charge is 0.240 e. The van der Waals surface area contributed by atoms with Gasteiger partial charge in [0.1, 0.15) is 0 Å². The Morgan fingerprint density at radius 1 is 1.42 bits per heavy atom. The van der Waals surface area contributed by atoms with E-state index in [1.165, 1.54) is 12.1 Å². The number of sulfonamides is 1. The molecule has 0 spiro atoms. The second kappa shape index (κ2) is 6.00. The lowest BCUT2D eigenvalue weighted by Crippen LogP contribution is -2.33. The zero-order valence-corrected chi connectivity index (χ0v) is 11.7. The van der Waals surface area contributed by atoms with Crippen LogP contribution in [-0.2, 0) is 21.4 Å². The minimum atomic E-state index is -3.52. The molecule has 2 N–H and O–H groups in total. The molecule has 106 valence electrons. The fourth-order valence-electron chi connectivity index (χ4n) is 2.36. The molecule has 0 heterocycles. The van der Waals surface area contributed by atoms with Crippen molar-refractivity contribution in [3.63, 3.8) is 0 Å². The summed E-state index contributed by atoms with van der Waals surface area (Å²) >= 11 is 0. The molecule has 2 unspecified atom stereocenters. The third-order valence-electron chi connectivity index (χ3n) is 3.43. The van der Waals surface area contributed by atoms with E-state index in [-0.39, 0.29) is 23.6 Å². The molecule has 0 aliphatic heterocycles. The lowest BCUT2D eigenvalue weighted by molar-refractivity contribution is 0.107. The average Bonchev–Trinajstić information content (AvgIpc) is 2.85. The van der Waals surface area contributed by atoms with Crippen LogP contribution in [0.5, 0.6) is 0 Å². The molecular weight excluding hydrogens is 266 g/mol. The van der Waals surface area contributed by atoms with Gasteiger partial charge in [0.2, 0.25) is 10.0 Å². The number of aliphatic hydroxyl groups is 1. The first-order valence-electron chi connectivity index (χ1n) is 6.30. The van der Waals surface area contributed by atoms with Gasteiger partial charge in [-0.2, -0.15) is 0 Å². The molecule has 1 saturated carbocycles. The summed E-state index contributed by atoms with van der Waals surface area (Å²) in [6.45, 7) is -0.168. The second-order valence-corrected chi connectivity index (χ2v) is 6.51. The highest BCUT2D eigenvalue weighted by atomic mass is 32.2. The number of rotatable bonds is 5. The van der Waals surface area contributed by atoms with E-state index in [9.17, 15) is 8.42 Å². The molecular formula is C13H19NO4S. The van der Waals surface area contributed by atoms with Crippen molar-refractivity contribution in [3.8, 4) is 0 Å². The van der Waals surface area contributed by atoms with Gasteiger partial charge in [-0.05, 0) is 37.0 Å². The first kappa shape index (κ1) is 14.5. The van der Waals surface area contributed by atoms with Gasteiger partial charge in [-0.25, -0.2) is 13.1 Å². The summed E-state index contributed by atoms with van der Waals surface area (Å²) in [5, 5.41) is 9.05. The summed E-state index contributed by atoms with van der Waals surface area (Å²) in [6.07, 6.45) is 2.50. The van der Waals surface area contributed by atoms with Crippen molar-refractivity contribution in [3.05, 3.63) is 29.8 Å². The molecule has 0 saturated heterocycles. The highest BCUT2D eigenvalue weighted by Gasteiger charge is 2.28. The number of hydrogen-bond acceptors (Lipinski definition) is 4. The summed E-state index contributed by atoms with van der Waals surface area (Å²) < 4.78 is 32.4. The zero-order chi connectivity index (χ0) is 13.9. The van der Waals surface area contributed by atoms with Gasteiger partial charge >= 0.3 is 0 Å². The Balaban J connectivity index is 2.10. The van der Waals surface area contributed by atoms with E-state index in [2.05, 4.69) is 4.72 Å². The monoisotopic (exact) mass is 285 g/mol. The van der Waals surface area contributed by atoms with Crippen LogP contribution in [0.1, 0.15) is 24.8 Å². The summed E-state index contributed by atoms with van der Waals surface area (Å²) in [5.74, 6) is 0. The highest BCUT2D eigenvalue weighted by Crippen LogP contribution is 2.23. The Morgan fingerprint density at radius 2 is 2.21 bits per heavy atom. The maximum atomic E-state index is 12.2. The molecule has 1 fully saturated rings. The van der Waals surface area contributed by atoms with Crippen molar-refractivity contribution in [1.82, 2.24) is 4.72 Å². The average molecular weight is 285 g/mol. The molecule has 2 atom stereocenters. The van der Waals surface area contributed by atoms with Gasteiger partial charge in [-0.3, -0.25) is 0 Å². The molecule has 1 aliphatic rings. The van der Waals surface area contributed by atoms with Crippen molar-refractivity contribution < 1.29 is 18.3 Å². The first-order chi connectivity index (χ1) is 9.05. The Hall–Kier alpha value is -0.950. The number of methoxy groups -OCH3 is 1. The van der Waals surface area contributed by atoms with Crippen LogP contribution in [0.3, 0.4) is 0 Å². The number of aliphatic hydroxyl groups excluding tert-OH is 1. The molecule has 5 nitrogen and oxygen atoms in total. The van der Waals surface area contributed by atoms with E-state index in [1.807, 2.05) is 0 Å². The van der Waals surface area contributed by atoms with Gasteiger partial charge < -0.3 is 9.84 Å². The topological polar surface area (TPSA) is 75.6 Å². The van der Waals surface area contributed by atoms with Gasteiger partial charge in [0, 0.05) is 13.2 Å².